The Kier molecular flexibility index (Phi) is 2.84. The van der Waals surface area contributed by atoms with Crippen molar-refractivity contribution >= 4 is 17.8 Å². The molecule has 2 N–H and O–H groups in total. The molecule has 3 rings (SSSR count). The first kappa shape index (κ1) is 11.1. The van der Waals surface area contributed by atoms with E-state index in [0.717, 1.165) is 17.9 Å². The first-order valence-corrected chi connectivity index (χ1v) is 7.11. The number of hydrogen-bond acceptors (Lipinski definition) is 4. The third-order valence-electron chi connectivity index (χ3n) is 3.68. The van der Waals surface area contributed by atoms with E-state index < -0.39 is 0 Å². The monoisotopic (exact) mass is 252 g/mol. The molecule has 1 aromatic heterocycles. The lowest BCUT2D eigenvalue weighted by atomic mass is 10.0. The number of piperidine rings is 1. The molecule has 2 heterocycles. The molecule has 2 aliphatic rings. The summed E-state index contributed by atoms with van der Waals surface area (Å²) >= 11 is 1.59. The Morgan fingerprint density at radius 2 is 2.53 bits per heavy atom. The average molecular weight is 252 g/mol. The smallest absolute Gasteiger partial charge is 0.333 e. The maximum atomic E-state index is 12.0. The van der Waals surface area contributed by atoms with Crippen LogP contribution in [0.2, 0.25) is 0 Å². The molecule has 17 heavy (non-hydrogen) atoms. The summed E-state index contributed by atoms with van der Waals surface area (Å²) in [7, 11) is 0. The van der Waals surface area contributed by atoms with Gasteiger partial charge in [-0.05, 0) is 25.0 Å². The summed E-state index contributed by atoms with van der Waals surface area (Å²) in [5.41, 5.74) is 0. The molecule has 3 unspecified atom stereocenters. The van der Waals surface area contributed by atoms with Gasteiger partial charge in [-0.15, -0.1) is 11.8 Å². The fourth-order valence-corrected chi connectivity index (χ4v) is 3.12. The van der Waals surface area contributed by atoms with E-state index >= 15 is 0 Å². The molecule has 1 aromatic rings. The zero-order chi connectivity index (χ0) is 11.8. The number of thioether (sulfide) groups is 1. The number of rotatable bonds is 2. The van der Waals surface area contributed by atoms with Gasteiger partial charge in [0.2, 0.25) is 0 Å². The molecule has 1 saturated carbocycles. The SMILES string of the molecule is CSc1cnn(C(=O)NC2CC3CC2CN3)c1. The quantitative estimate of drug-likeness (QED) is 0.768. The van der Waals surface area contributed by atoms with Crippen molar-refractivity contribution in [2.75, 3.05) is 12.8 Å². The van der Waals surface area contributed by atoms with Crippen LogP contribution in [-0.2, 0) is 0 Å². The lowest BCUT2D eigenvalue weighted by molar-refractivity contribution is 0.230. The number of carbonyl (C=O) groups excluding carboxylic acids is 1. The summed E-state index contributed by atoms with van der Waals surface area (Å²) in [5, 5.41) is 10.6. The van der Waals surface area contributed by atoms with E-state index in [4.69, 9.17) is 0 Å². The van der Waals surface area contributed by atoms with Gasteiger partial charge in [0, 0.05) is 29.7 Å². The second-order valence-corrected chi connectivity index (χ2v) is 5.60. The summed E-state index contributed by atoms with van der Waals surface area (Å²) in [4.78, 5) is 13.0. The molecule has 6 heteroatoms. The lowest BCUT2D eigenvalue weighted by Gasteiger charge is -2.23. The highest BCUT2D eigenvalue weighted by molar-refractivity contribution is 7.98. The van der Waals surface area contributed by atoms with Crippen molar-refractivity contribution < 1.29 is 4.79 Å². The van der Waals surface area contributed by atoms with Crippen molar-refractivity contribution in [3.8, 4) is 0 Å². The molecule has 5 nitrogen and oxygen atoms in total. The second-order valence-electron chi connectivity index (χ2n) is 4.72. The standard InChI is InChI=1S/C11H16N4OS/c1-17-9-5-13-15(6-9)11(16)14-10-3-8-2-7(10)4-12-8/h5-8,10,12H,2-4H2,1H3,(H,14,16). The van der Waals surface area contributed by atoms with Gasteiger partial charge in [0.25, 0.3) is 0 Å². The Balaban J connectivity index is 1.63. The first-order valence-electron chi connectivity index (χ1n) is 5.89. The van der Waals surface area contributed by atoms with Crippen LogP contribution in [0.1, 0.15) is 12.8 Å². The molecule has 1 aliphatic heterocycles. The van der Waals surface area contributed by atoms with Gasteiger partial charge in [0.05, 0.1) is 6.20 Å². The predicted octanol–water partition coefficient (Wildman–Crippen LogP) is 0.913. The van der Waals surface area contributed by atoms with E-state index in [1.54, 1.807) is 24.2 Å². The van der Waals surface area contributed by atoms with Crippen molar-refractivity contribution in [2.45, 2.75) is 29.8 Å². The number of fused-ring (bicyclic) bond motifs is 2. The summed E-state index contributed by atoms with van der Waals surface area (Å²) in [6.07, 6.45) is 7.70. The molecule has 92 valence electrons. The number of hydrogen-bond donors (Lipinski definition) is 2. The largest absolute Gasteiger partial charge is 0.342 e. The van der Waals surface area contributed by atoms with E-state index in [-0.39, 0.29) is 6.03 Å². The highest BCUT2D eigenvalue weighted by atomic mass is 32.2. The molecule has 0 spiro atoms. The van der Waals surface area contributed by atoms with Crippen LogP contribution in [0.15, 0.2) is 17.3 Å². The highest BCUT2D eigenvalue weighted by Crippen LogP contribution is 2.31. The Labute approximate surface area is 104 Å². The number of carbonyl (C=O) groups is 1. The maximum Gasteiger partial charge on any atom is 0.342 e. The Morgan fingerprint density at radius 1 is 1.65 bits per heavy atom. The first-order chi connectivity index (χ1) is 8.26. The van der Waals surface area contributed by atoms with E-state index in [0.29, 0.717) is 18.0 Å². The van der Waals surface area contributed by atoms with Gasteiger partial charge >= 0.3 is 6.03 Å². The normalized spacial score (nSPS) is 30.8. The third kappa shape index (κ3) is 2.07. The summed E-state index contributed by atoms with van der Waals surface area (Å²) < 4.78 is 1.39. The molecular formula is C11H16N4OS. The molecule has 2 bridgehead atoms. The fourth-order valence-electron chi connectivity index (χ4n) is 2.76. The number of aromatic nitrogens is 2. The maximum absolute atomic E-state index is 12.0. The molecule has 0 aromatic carbocycles. The summed E-state index contributed by atoms with van der Waals surface area (Å²) in [6, 6.07) is 0.809. The molecule has 2 fully saturated rings. The van der Waals surface area contributed by atoms with E-state index in [2.05, 4.69) is 15.7 Å². The highest BCUT2D eigenvalue weighted by Gasteiger charge is 2.40. The van der Waals surface area contributed by atoms with Crippen LogP contribution in [0.5, 0.6) is 0 Å². The van der Waals surface area contributed by atoms with E-state index in [9.17, 15) is 4.79 Å². The number of nitrogens with zero attached hydrogens (tertiary/aromatic N) is 2. The van der Waals surface area contributed by atoms with Crippen molar-refractivity contribution in [1.29, 1.82) is 0 Å². The lowest BCUT2D eigenvalue weighted by Crippen LogP contribution is -2.45. The number of amides is 1. The van der Waals surface area contributed by atoms with Crippen molar-refractivity contribution in [1.82, 2.24) is 20.4 Å². The van der Waals surface area contributed by atoms with Crippen molar-refractivity contribution in [3.63, 3.8) is 0 Å². The van der Waals surface area contributed by atoms with Gasteiger partial charge in [0.1, 0.15) is 0 Å². The van der Waals surface area contributed by atoms with Crippen LogP contribution in [0, 0.1) is 5.92 Å². The molecule has 1 saturated heterocycles. The Bertz CT molecular complexity index is 433. The Hall–Kier alpha value is -1.01. The van der Waals surface area contributed by atoms with E-state index in [1.165, 1.54) is 11.1 Å². The molecule has 3 atom stereocenters. The van der Waals surface area contributed by atoms with Crippen LogP contribution >= 0.6 is 11.8 Å². The predicted molar refractivity (Wildman–Crippen MR) is 66.2 cm³/mol. The molecule has 0 radical (unpaired) electrons. The van der Waals surface area contributed by atoms with Gasteiger partial charge in [0.15, 0.2) is 0 Å². The fraction of sp³-hybridized carbons (Fsp3) is 0.636. The van der Waals surface area contributed by atoms with Crippen LogP contribution in [-0.4, -0.2) is 40.7 Å². The molecule has 1 amide bonds. The van der Waals surface area contributed by atoms with Crippen LogP contribution in [0.3, 0.4) is 0 Å². The molecule has 1 aliphatic carbocycles. The average Bonchev–Trinajstić information content (AvgIpc) is 3.04. The zero-order valence-corrected chi connectivity index (χ0v) is 10.5. The van der Waals surface area contributed by atoms with Gasteiger partial charge in [-0.25, -0.2) is 4.79 Å². The topological polar surface area (TPSA) is 59.0 Å². The van der Waals surface area contributed by atoms with Crippen LogP contribution in [0.4, 0.5) is 4.79 Å². The molecular weight excluding hydrogens is 236 g/mol. The van der Waals surface area contributed by atoms with E-state index in [1.807, 2.05) is 6.26 Å². The zero-order valence-electron chi connectivity index (χ0n) is 9.72. The van der Waals surface area contributed by atoms with Gasteiger partial charge < -0.3 is 10.6 Å². The Morgan fingerprint density at radius 3 is 3.12 bits per heavy atom. The van der Waals surface area contributed by atoms with Crippen LogP contribution in [0.25, 0.3) is 0 Å². The number of nitrogens with one attached hydrogen (secondary N) is 2. The minimum Gasteiger partial charge on any atom is -0.333 e. The minimum atomic E-state index is -0.108. The second kappa shape index (κ2) is 4.34. The van der Waals surface area contributed by atoms with Gasteiger partial charge in [-0.3, -0.25) is 0 Å². The van der Waals surface area contributed by atoms with Gasteiger partial charge in [-0.2, -0.15) is 9.78 Å². The van der Waals surface area contributed by atoms with Crippen molar-refractivity contribution in [3.05, 3.63) is 12.4 Å². The minimum absolute atomic E-state index is 0.108. The summed E-state index contributed by atoms with van der Waals surface area (Å²) in [5.74, 6) is 0.597. The van der Waals surface area contributed by atoms with Gasteiger partial charge in [-0.1, -0.05) is 0 Å². The summed E-state index contributed by atoms with van der Waals surface area (Å²) in [6.45, 7) is 1.03. The van der Waals surface area contributed by atoms with Crippen molar-refractivity contribution in [2.24, 2.45) is 5.92 Å². The third-order valence-corrected chi connectivity index (χ3v) is 4.36. The van der Waals surface area contributed by atoms with Crippen LogP contribution < -0.4 is 10.6 Å².